The Labute approximate surface area is 237 Å². The van der Waals surface area contributed by atoms with Crippen molar-refractivity contribution in [3.63, 3.8) is 0 Å². The molecule has 5 rings (SSSR count). The summed E-state index contributed by atoms with van der Waals surface area (Å²) >= 11 is 6.32. The average Bonchev–Trinajstić information content (AvgIpc) is 3.20. The van der Waals surface area contributed by atoms with Crippen LogP contribution in [0.4, 0.5) is 11.4 Å². The fourth-order valence-electron chi connectivity index (χ4n) is 4.44. The molecule has 0 bridgehead atoms. The summed E-state index contributed by atoms with van der Waals surface area (Å²) in [6, 6.07) is 32.9. The van der Waals surface area contributed by atoms with Crippen LogP contribution in [0, 0.1) is 0 Å². The van der Waals surface area contributed by atoms with Gasteiger partial charge in [-0.2, -0.15) is 0 Å². The third kappa shape index (κ3) is 5.75. The smallest absolute Gasteiger partial charge is 0.283 e. The van der Waals surface area contributed by atoms with Gasteiger partial charge in [0, 0.05) is 24.3 Å². The van der Waals surface area contributed by atoms with Gasteiger partial charge >= 0.3 is 0 Å². The Balaban J connectivity index is 1.37. The Bertz CT molecular complexity index is 1530. The van der Waals surface area contributed by atoms with Crippen LogP contribution in [0.15, 0.2) is 120 Å². The molecule has 0 fully saturated rings. The second-order valence-corrected chi connectivity index (χ2v) is 9.55. The first-order chi connectivity index (χ1) is 19.4. The highest BCUT2D eigenvalue weighted by molar-refractivity contribution is 6.53. The summed E-state index contributed by atoms with van der Waals surface area (Å²) in [6.07, 6.45) is 0. The molecule has 8 heteroatoms. The van der Waals surface area contributed by atoms with Gasteiger partial charge in [0.1, 0.15) is 16.5 Å². The molecule has 0 aliphatic carbocycles. The monoisotopic (exact) mass is 551 g/mol. The van der Waals surface area contributed by atoms with Crippen LogP contribution in [0.25, 0.3) is 0 Å². The topological polar surface area (TPSA) is 79.0 Å². The first-order valence-electron chi connectivity index (χ1n) is 12.6. The van der Waals surface area contributed by atoms with Crippen molar-refractivity contribution in [1.82, 2.24) is 4.90 Å². The average molecular weight is 552 g/mol. The van der Waals surface area contributed by atoms with Crippen molar-refractivity contribution in [2.45, 2.75) is 13.1 Å². The zero-order valence-electron chi connectivity index (χ0n) is 21.7. The van der Waals surface area contributed by atoms with E-state index in [2.05, 4.69) is 5.32 Å². The van der Waals surface area contributed by atoms with E-state index in [0.29, 0.717) is 35.8 Å². The number of methoxy groups -OCH3 is 1. The Morgan fingerprint density at radius 1 is 0.800 bits per heavy atom. The zero-order chi connectivity index (χ0) is 28.1. The molecule has 4 aromatic rings. The van der Waals surface area contributed by atoms with Crippen LogP contribution in [0.1, 0.15) is 21.5 Å². The largest absolute Gasteiger partial charge is 0.497 e. The molecule has 4 aromatic carbocycles. The maximum atomic E-state index is 13.7. The van der Waals surface area contributed by atoms with Crippen molar-refractivity contribution in [2.75, 3.05) is 17.3 Å². The number of imide groups is 1. The van der Waals surface area contributed by atoms with E-state index in [4.69, 9.17) is 16.3 Å². The first-order valence-corrected chi connectivity index (χ1v) is 13.0. The lowest BCUT2D eigenvalue weighted by Crippen LogP contribution is -2.32. The molecule has 0 aromatic heterocycles. The van der Waals surface area contributed by atoms with Gasteiger partial charge in [0.2, 0.25) is 0 Å². The predicted molar refractivity (Wildman–Crippen MR) is 155 cm³/mol. The van der Waals surface area contributed by atoms with Crippen LogP contribution in [-0.2, 0) is 22.7 Å². The Morgan fingerprint density at radius 3 is 1.98 bits per heavy atom. The molecule has 0 atom stereocenters. The number of hydrogen-bond donors (Lipinski definition) is 1. The van der Waals surface area contributed by atoms with E-state index in [1.807, 2.05) is 60.7 Å². The third-order valence-electron chi connectivity index (χ3n) is 6.46. The number of benzene rings is 4. The fraction of sp³-hybridized carbons (Fsp3) is 0.0938. The molecule has 1 N–H and O–H groups in total. The molecule has 0 spiro atoms. The lowest BCUT2D eigenvalue weighted by atomic mass is 10.1. The van der Waals surface area contributed by atoms with E-state index >= 15 is 0 Å². The number of nitrogens with one attached hydrogen (secondary N) is 1. The predicted octanol–water partition coefficient (Wildman–Crippen LogP) is 5.97. The molecule has 0 saturated heterocycles. The maximum Gasteiger partial charge on any atom is 0.283 e. The van der Waals surface area contributed by atoms with Crippen LogP contribution in [0.5, 0.6) is 5.75 Å². The van der Waals surface area contributed by atoms with Crippen molar-refractivity contribution in [3.05, 3.63) is 137 Å². The van der Waals surface area contributed by atoms with Gasteiger partial charge in [-0.25, -0.2) is 4.90 Å². The van der Waals surface area contributed by atoms with E-state index in [0.717, 1.165) is 16.0 Å². The van der Waals surface area contributed by atoms with Gasteiger partial charge in [-0.05, 0) is 53.6 Å². The van der Waals surface area contributed by atoms with Crippen LogP contribution >= 0.6 is 11.6 Å². The molecule has 0 unspecified atom stereocenters. The number of halogens is 1. The van der Waals surface area contributed by atoms with E-state index in [1.54, 1.807) is 53.4 Å². The van der Waals surface area contributed by atoms with Gasteiger partial charge < -0.3 is 15.0 Å². The molecule has 1 aliphatic heterocycles. The number of hydrogen-bond acceptors (Lipinski definition) is 5. The van der Waals surface area contributed by atoms with Crippen molar-refractivity contribution in [3.8, 4) is 5.75 Å². The molecule has 1 heterocycles. The van der Waals surface area contributed by atoms with E-state index < -0.39 is 11.8 Å². The molecule has 0 radical (unpaired) electrons. The Kier molecular flexibility index (Phi) is 7.94. The number of amides is 3. The molecular formula is C32H26ClN3O4. The highest BCUT2D eigenvalue weighted by Crippen LogP contribution is 2.31. The van der Waals surface area contributed by atoms with Gasteiger partial charge in [0.25, 0.3) is 17.7 Å². The van der Waals surface area contributed by atoms with Crippen molar-refractivity contribution >= 4 is 40.7 Å². The van der Waals surface area contributed by atoms with E-state index in [1.165, 1.54) is 7.11 Å². The van der Waals surface area contributed by atoms with Gasteiger partial charge in [-0.3, -0.25) is 14.4 Å². The number of carbonyl (C=O) groups is 3. The molecule has 1 aliphatic rings. The van der Waals surface area contributed by atoms with Gasteiger partial charge in [-0.15, -0.1) is 0 Å². The number of anilines is 2. The van der Waals surface area contributed by atoms with Crippen LogP contribution in [0.3, 0.4) is 0 Å². The number of carbonyl (C=O) groups excluding carboxylic acids is 3. The second kappa shape index (κ2) is 11.9. The van der Waals surface area contributed by atoms with Crippen LogP contribution in [0.2, 0.25) is 0 Å². The van der Waals surface area contributed by atoms with Crippen molar-refractivity contribution < 1.29 is 19.1 Å². The van der Waals surface area contributed by atoms with Gasteiger partial charge in [0.05, 0.1) is 12.8 Å². The third-order valence-corrected chi connectivity index (χ3v) is 6.81. The molecule has 0 saturated carbocycles. The minimum Gasteiger partial charge on any atom is -0.497 e. The van der Waals surface area contributed by atoms with Crippen molar-refractivity contribution in [1.29, 1.82) is 0 Å². The first kappa shape index (κ1) is 26.7. The number of nitrogens with zero attached hydrogens (tertiary/aromatic N) is 2. The lowest BCUT2D eigenvalue weighted by Gasteiger charge is -2.23. The maximum absolute atomic E-state index is 13.7. The fourth-order valence-corrected chi connectivity index (χ4v) is 4.65. The van der Waals surface area contributed by atoms with Crippen LogP contribution < -0.4 is 15.0 Å². The summed E-state index contributed by atoms with van der Waals surface area (Å²) in [5, 5.41) is 2.74. The molecule has 40 heavy (non-hydrogen) atoms. The molecular weight excluding hydrogens is 526 g/mol. The SMILES string of the molecule is COc1ccc(N2C(=O)C(Cl)=C(Nc3cccc(C(=O)N(Cc4ccccc4)Cc4ccccc4)c3)C2=O)cc1. The minimum absolute atomic E-state index is 0.0579. The summed E-state index contributed by atoms with van der Waals surface area (Å²) in [6.45, 7) is 0.847. The quantitative estimate of drug-likeness (QED) is 0.259. The summed E-state index contributed by atoms with van der Waals surface area (Å²) in [5.41, 5.74) is 3.21. The van der Waals surface area contributed by atoms with E-state index in [9.17, 15) is 14.4 Å². The molecule has 200 valence electrons. The summed E-state index contributed by atoms with van der Waals surface area (Å²) in [7, 11) is 1.53. The lowest BCUT2D eigenvalue weighted by molar-refractivity contribution is -0.120. The van der Waals surface area contributed by atoms with Crippen molar-refractivity contribution in [2.24, 2.45) is 0 Å². The number of ether oxygens (including phenoxy) is 1. The number of rotatable bonds is 9. The zero-order valence-corrected chi connectivity index (χ0v) is 22.5. The minimum atomic E-state index is -0.636. The summed E-state index contributed by atoms with van der Waals surface area (Å²) in [5.74, 6) is -0.810. The van der Waals surface area contributed by atoms with E-state index in [-0.39, 0.29) is 16.6 Å². The molecule has 7 nitrogen and oxygen atoms in total. The standard InChI is InChI=1S/C32H26ClN3O4/c1-40-27-17-15-26(16-18-27)36-31(38)28(33)29(32(36)39)34-25-14-8-13-24(19-25)30(37)35(20-22-9-4-2-5-10-22)21-23-11-6-3-7-12-23/h2-19,34H,20-21H2,1H3. The van der Waals surface area contributed by atoms with Gasteiger partial charge in [0.15, 0.2) is 0 Å². The summed E-state index contributed by atoms with van der Waals surface area (Å²) < 4.78 is 5.15. The summed E-state index contributed by atoms with van der Waals surface area (Å²) in [4.78, 5) is 42.6. The second-order valence-electron chi connectivity index (χ2n) is 9.17. The normalized spacial score (nSPS) is 13.0. The Morgan fingerprint density at radius 2 is 1.40 bits per heavy atom. The van der Waals surface area contributed by atoms with Gasteiger partial charge in [-0.1, -0.05) is 78.3 Å². The highest BCUT2D eigenvalue weighted by Gasteiger charge is 2.39. The highest BCUT2D eigenvalue weighted by atomic mass is 35.5. The van der Waals surface area contributed by atoms with Crippen LogP contribution in [-0.4, -0.2) is 29.7 Å². The Hall–Kier alpha value is -4.88. The molecule has 3 amide bonds.